The molecule has 98 valence electrons. The molecular weight excluding hydrogens is 294 g/mol. The van der Waals surface area contributed by atoms with Crippen molar-refractivity contribution in [2.45, 2.75) is 31.6 Å². The fraction of sp³-hybridized carbons (Fsp3) is 0.500. The van der Waals surface area contributed by atoms with E-state index in [-0.39, 0.29) is 5.92 Å². The van der Waals surface area contributed by atoms with Gasteiger partial charge in [0.05, 0.1) is 5.41 Å². The van der Waals surface area contributed by atoms with E-state index in [1.807, 2.05) is 24.3 Å². The zero-order chi connectivity index (χ0) is 13.2. The fourth-order valence-corrected chi connectivity index (χ4v) is 3.54. The Balaban J connectivity index is 2.40. The van der Waals surface area contributed by atoms with E-state index < -0.39 is 11.4 Å². The summed E-state index contributed by atoms with van der Waals surface area (Å²) in [5.41, 5.74) is 6.23. The number of carboxylic acid groups (broad SMARTS) is 1. The van der Waals surface area contributed by atoms with Gasteiger partial charge >= 0.3 is 5.97 Å². The van der Waals surface area contributed by atoms with Gasteiger partial charge in [0.15, 0.2) is 0 Å². The number of benzene rings is 1. The molecule has 1 aromatic rings. The van der Waals surface area contributed by atoms with Crippen LogP contribution in [-0.4, -0.2) is 17.6 Å². The molecule has 3 N–H and O–H groups in total. The van der Waals surface area contributed by atoms with Crippen molar-refractivity contribution in [1.82, 2.24) is 0 Å². The summed E-state index contributed by atoms with van der Waals surface area (Å²) in [7, 11) is 0. The molecule has 0 radical (unpaired) electrons. The molecule has 1 atom stereocenters. The summed E-state index contributed by atoms with van der Waals surface area (Å²) in [6.45, 7) is 0.378. The molecule has 1 fully saturated rings. The van der Waals surface area contributed by atoms with Crippen molar-refractivity contribution >= 4 is 21.9 Å². The molecule has 0 amide bonds. The lowest BCUT2D eigenvalue weighted by Gasteiger charge is -2.33. The van der Waals surface area contributed by atoms with Gasteiger partial charge in [-0.15, -0.1) is 0 Å². The standard InChI is InChI=1S/C14H18BrNO2/c15-11-5-3-4-10(8-11)12(9-16)14(13(17)18)6-1-2-7-14/h3-5,8,12H,1-2,6-7,9,16H2,(H,17,18)/t12-/m1/s1. The molecular formula is C14H18BrNO2. The van der Waals surface area contributed by atoms with E-state index in [1.54, 1.807) is 0 Å². The molecule has 18 heavy (non-hydrogen) atoms. The molecule has 2 rings (SSSR count). The van der Waals surface area contributed by atoms with E-state index in [2.05, 4.69) is 15.9 Å². The van der Waals surface area contributed by atoms with E-state index >= 15 is 0 Å². The maximum atomic E-state index is 11.7. The summed E-state index contributed by atoms with van der Waals surface area (Å²) in [6.07, 6.45) is 3.43. The van der Waals surface area contributed by atoms with Crippen LogP contribution < -0.4 is 5.73 Å². The number of aliphatic carboxylic acids is 1. The van der Waals surface area contributed by atoms with Crippen molar-refractivity contribution in [3.05, 3.63) is 34.3 Å². The van der Waals surface area contributed by atoms with Gasteiger partial charge in [0.2, 0.25) is 0 Å². The minimum absolute atomic E-state index is 0.102. The summed E-state index contributed by atoms with van der Waals surface area (Å²) in [5, 5.41) is 9.63. The first kappa shape index (κ1) is 13.6. The molecule has 4 heteroatoms. The monoisotopic (exact) mass is 311 g/mol. The van der Waals surface area contributed by atoms with Gasteiger partial charge < -0.3 is 10.8 Å². The van der Waals surface area contributed by atoms with E-state index in [4.69, 9.17) is 5.73 Å². The normalized spacial score (nSPS) is 19.7. The third-order valence-electron chi connectivity index (χ3n) is 4.08. The third kappa shape index (κ3) is 2.31. The van der Waals surface area contributed by atoms with Crippen LogP contribution in [0.3, 0.4) is 0 Å². The predicted octanol–water partition coefficient (Wildman–Crippen LogP) is 3.14. The van der Waals surface area contributed by atoms with Crippen LogP contribution in [0.15, 0.2) is 28.7 Å². The lowest BCUT2D eigenvalue weighted by molar-refractivity contribution is -0.150. The zero-order valence-electron chi connectivity index (χ0n) is 10.2. The number of hydrogen-bond acceptors (Lipinski definition) is 2. The van der Waals surface area contributed by atoms with Crippen molar-refractivity contribution in [2.24, 2.45) is 11.1 Å². The average molecular weight is 312 g/mol. The first-order valence-electron chi connectivity index (χ1n) is 6.29. The topological polar surface area (TPSA) is 63.3 Å². The van der Waals surface area contributed by atoms with Crippen LogP contribution in [0.4, 0.5) is 0 Å². The highest BCUT2D eigenvalue weighted by Gasteiger charge is 2.47. The Hall–Kier alpha value is -0.870. The molecule has 1 aliphatic carbocycles. The van der Waals surface area contributed by atoms with E-state index in [9.17, 15) is 9.90 Å². The number of hydrogen-bond donors (Lipinski definition) is 2. The van der Waals surface area contributed by atoms with Crippen LogP contribution >= 0.6 is 15.9 Å². The smallest absolute Gasteiger partial charge is 0.310 e. The largest absolute Gasteiger partial charge is 0.481 e. The SMILES string of the molecule is NC[C@H](c1cccc(Br)c1)C1(C(=O)O)CCCC1. The maximum Gasteiger partial charge on any atom is 0.310 e. The van der Waals surface area contributed by atoms with Crippen LogP contribution in [0.5, 0.6) is 0 Å². The highest BCUT2D eigenvalue weighted by Crippen LogP contribution is 2.48. The van der Waals surface area contributed by atoms with Gasteiger partial charge in [-0.25, -0.2) is 0 Å². The second-order valence-electron chi connectivity index (χ2n) is 5.01. The Morgan fingerprint density at radius 3 is 2.61 bits per heavy atom. The number of nitrogens with two attached hydrogens (primary N) is 1. The second kappa shape index (κ2) is 5.41. The minimum atomic E-state index is -0.699. The number of rotatable bonds is 4. The number of halogens is 1. The molecule has 0 aliphatic heterocycles. The Morgan fingerprint density at radius 2 is 2.11 bits per heavy atom. The number of carbonyl (C=O) groups is 1. The highest BCUT2D eigenvalue weighted by atomic mass is 79.9. The maximum absolute atomic E-state index is 11.7. The molecule has 1 aromatic carbocycles. The van der Waals surface area contributed by atoms with Crippen LogP contribution in [0.1, 0.15) is 37.2 Å². The van der Waals surface area contributed by atoms with Gasteiger partial charge in [0.1, 0.15) is 0 Å². The van der Waals surface area contributed by atoms with Crippen molar-refractivity contribution in [3.63, 3.8) is 0 Å². The van der Waals surface area contributed by atoms with Gasteiger partial charge in [-0.05, 0) is 30.5 Å². The molecule has 0 aromatic heterocycles. The molecule has 0 saturated heterocycles. The van der Waals surface area contributed by atoms with Crippen LogP contribution in [0.25, 0.3) is 0 Å². The molecule has 1 saturated carbocycles. The van der Waals surface area contributed by atoms with E-state index in [1.165, 1.54) is 0 Å². The van der Waals surface area contributed by atoms with Gasteiger partial charge in [0, 0.05) is 16.9 Å². The van der Waals surface area contributed by atoms with Crippen molar-refractivity contribution < 1.29 is 9.90 Å². The lowest BCUT2D eigenvalue weighted by atomic mass is 9.70. The molecule has 0 spiro atoms. The van der Waals surface area contributed by atoms with Crippen molar-refractivity contribution in [2.75, 3.05) is 6.54 Å². The van der Waals surface area contributed by atoms with Crippen LogP contribution in [0, 0.1) is 5.41 Å². The predicted molar refractivity (Wildman–Crippen MR) is 74.5 cm³/mol. The second-order valence-corrected chi connectivity index (χ2v) is 5.93. The van der Waals surface area contributed by atoms with Gasteiger partial charge in [-0.2, -0.15) is 0 Å². The molecule has 0 unspecified atom stereocenters. The third-order valence-corrected chi connectivity index (χ3v) is 4.57. The van der Waals surface area contributed by atoms with Gasteiger partial charge in [0.25, 0.3) is 0 Å². The molecule has 3 nitrogen and oxygen atoms in total. The Morgan fingerprint density at radius 1 is 1.44 bits per heavy atom. The fourth-order valence-electron chi connectivity index (χ4n) is 3.12. The molecule has 0 heterocycles. The Bertz CT molecular complexity index is 441. The van der Waals surface area contributed by atoms with Gasteiger partial charge in [-0.3, -0.25) is 4.79 Å². The highest BCUT2D eigenvalue weighted by molar-refractivity contribution is 9.10. The summed E-state index contributed by atoms with van der Waals surface area (Å²) >= 11 is 3.43. The van der Waals surface area contributed by atoms with Crippen LogP contribution in [-0.2, 0) is 4.79 Å². The minimum Gasteiger partial charge on any atom is -0.481 e. The Labute approximate surface area is 116 Å². The quantitative estimate of drug-likeness (QED) is 0.898. The summed E-state index contributed by atoms with van der Waals surface area (Å²) in [5.74, 6) is -0.801. The zero-order valence-corrected chi connectivity index (χ0v) is 11.8. The first-order valence-corrected chi connectivity index (χ1v) is 7.08. The van der Waals surface area contributed by atoms with Crippen molar-refractivity contribution in [1.29, 1.82) is 0 Å². The van der Waals surface area contributed by atoms with Crippen molar-refractivity contribution in [3.8, 4) is 0 Å². The van der Waals surface area contributed by atoms with Crippen LogP contribution in [0.2, 0.25) is 0 Å². The molecule has 1 aliphatic rings. The lowest BCUT2D eigenvalue weighted by Crippen LogP contribution is -2.38. The molecule has 0 bridgehead atoms. The summed E-state index contributed by atoms with van der Waals surface area (Å²) < 4.78 is 0.969. The first-order chi connectivity index (χ1) is 8.60. The van der Waals surface area contributed by atoms with E-state index in [0.29, 0.717) is 6.54 Å². The summed E-state index contributed by atoms with van der Waals surface area (Å²) in [6, 6.07) is 7.84. The average Bonchev–Trinajstić information content (AvgIpc) is 2.81. The summed E-state index contributed by atoms with van der Waals surface area (Å²) in [4.78, 5) is 11.7. The number of carboxylic acids is 1. The van der Waals surface area contributed by atoms with Gasteiger partial charge in [-0.1, -0.05) is 40.9 Å². The van der Waals surface area contributed by atoms with E-state index in [0.717, 1.165) is 35.7 Å². The Kier molecular flexibility index (Phi) is 4.07.